The Labute approximate surface area is 82.2 Å². The quantitative estimate of drug-likeness (QED) is 0.598. The van der Waals surface area contributed by atoms with E-state index in [1.54, 1.807) is 13.2 Å². The second-order valence-corrected chi connectivity index (χ2v) is 2.49. The van der Waals surface area contributed by atoms with Gasteiger partial charge in [0.1, 0.15) is 6.42 Å². The van der Waals surface area contributed by atoms with Crippen LogP contribution in [-0.4, -0.2) is 32.2 Å². The number of nitriles is 1. The van der Waals surface area contributed by atoms with Crippen LogP contribution in [0.25, 0.3) is 0 Å². The molecule has 0 heterocycles. The average Bonchev–Trinajstić information content (AvgIpc) is 2.13. The molecular formula is C8H13N3O3. The predicted molar refractivity (Wildman–Crippen MR) is 48.3 cm³/mol. The highest BCUT2D eigenvalue weighted by atomic mass is 16.5. The number of rotatable bonds is 5. The number of methoxy groups -OCH3 is 1. The van der Waals surface area contributed by atoms with Crippen LogP contribution >= 0.6 is 0 Å². The topological polar surface area (TPSA) is 91.2 Å². The van der Waals surface area contributed by atoms with Crippen LogP contribution in [0.5, 0.6) is 0 Å². The lowest BCUT2D eigenvalue weighted by atomic mass is 10.4. The summed E-state index contributed by atoms with van der Waals surface area (Å²) in [6.07, 6.45) is 0.363. The molecule has 0 fully saturated rings. The molecule has 2 N–H and O–H groups in total. The summed E-state index contributed by atoms with van der Waals surface area (Å²) in [5, 5.41) is 12.6. The molecule has 0 spiro atoms. The Balaban J connectivity index is 3.46. The largest absolute Gasteiger partial charge is 0.385 e. The number of urea groups is 1. The summed E-state index contributed by atoms with van der Waals surface area (Å²) >= 11 is 0. The fourth-order valence-corrected chi connectivity index (χ4v) is 0.705. The number of hydrogen-bond acceptors (Lipinski definition) is 4. The van der Waals surface area contributed by atoms with Crippen molar-refractivity contribution in [3.8, 4) is 6.07 Å². The van der Waals surface area contributed by atoms with Crippen molar-refractivity contribution in [2.24, 2.45) is 0 Å². The molecule has 3 amide bonds. The van der Waals surface area contributed by atoms with E-state index < -0.39 is 11.9 Å². The number of nitrogens with zero attached hydrogens (tertiary/aromatic N) is 1. The summed E-state index contributed by atoms with van der Waals surface area (Å²) in [6.45, 7) is 0.978. The van der Waals surface area contributed by atoms with E-state index in [0.717, 1.165) is 0 Å². The summed E-state index contributed by atoms with van der Waals surface area (Å²) in [6, 6.07) is 1.06. The van der Waals surface area contributed by atoms with E-state index in [2.05, 4.69) is 5.32 Å². The highest BCUT2D eigenvalue weighted by Crippen LogP contribution is 1.79. The number of hydrogen-bond donors (Lipinski definition) is 2. The minimum absolute atomic E-state index is 0.314. The van der Waals surface area contributed by atoms with Gasteiger partial charge in [-0.05, 0) is 6.42 Å². The van der Waals surface area contributed by atoms with Crippen molar-refractivity contribution in [2.45, 2.75) is 12.8 Å². The van der Waals surface area contributed by atoms with Gasteiger partial charge in [0.05, 0.1) is 6.07 Å². The van der Waals surface area contributed by atoms with Gasteiger partial charge in [-0.3, -0.25) is 10.1 Å². The van der Waals surface area contributed by atoms with Crippen LogP contribution < -0.4 is 10.6 Å². The zero-order valence-corrected chi connectivity index (χ0v) is 8.00. The molecule has 0 saturated heterocycles. The van der Waals surface area contributed by atoms with E-state index in [0.29, 0.717) is 19.6 Å². The molecule has 0 unspecified atom stereocenters. The Morgan fingerprint density at radius 1 is 1.50 bits per heavy atom. The minimum atomic E-state index is -0.600. The van der Waals surface area contributed by atoms with E-state index in [1.807, 2.05) is 5.32 Å². The van der Waals surface area contributed by atoms with Crippen molar-refractivity contribution in [3.05, 3.63) is 0 Å². The van der Waals surface area contributed by atoms with Gasteiger partial charge in [0.15, 0.2) is 0 Å². The highest BCUT2D eigenvalue weighted by Gasteiger charge is 2.05. The Morgan fingerprint density at radius 2 is 2.21 bits per heavy atom. The smallest absolute Gasteiger partial charge is 0.321 e. The third-order valence-corrected chi connectivity index (χ3v) is 1.30. The monoisotopic (exact) mass is 199 g/mol. The lowest BCUT2D eigenvalue weighted by Gasteiger charge is -2.04. The van der Waals surface area contributed by atoms with E-state index in [-0.39, 0.29) is 6.42 Å². The molecule has 0 saturated carbocycles. The Hall–Kier alpha value is -1.61. The molecule has 0 atom stereocenters. The highest BCUT2D eigenvalue weighted by molar-refractivity contribution is 5.95. The maximum Gasteiger partial charge on any atom is 0.321 e. The van der Waals surface area contributed by atoms with Gasteiger partial charge in [0.2, 0.25) is 5.91 Å². The molecule has 0 bridgehead atoms. The van der Waals surface area contributed by atoms with Gasteiger partial charge in [-0.2, -0.15) is 5.26 Å². The third-order valence-electron chi connectivity index (χ3n) is 1.30. The number of ether oxygens (including phenoxy) is 1. The standard InChI is InChI=1S/C8H13N3O3/c1-14-6-2-5-10-8(13)11-7(12)3-4-9/h2-3,5-6H2,1H3,(H2,10,11,12,13). The summed E-state index contributed by atoms with van der Waals surface area (Å²) in [5.41, 5.74) is 0. The lowest BCUT2D eigenvalue weighted by molar-refractivity contribution is -0.119. The van der Waals surface area contributed by atoms with Crippen LogP contribution in [0, 0.1) is 11.3 Å². The Kier molecular flexibility index (Phi) is 7.09. The number of carbonyl (C=O) groups excluding carboxylic acids is 2. The van der Waals surface area contributed by atoms with E-state index >= 15 is 0 Å². The van der Waals surface area contributed by atoms with E-state index in [1.165, 1.54) is 0 Å². The van der Waals surface area contributed by atoms with Crippen molar-refractivity contribution in [3.63, 3.8) is 0 Å². The van der Waals surface area contributed by atoms with Gasteiger partial charge >= 0.3 is 6.03 Å². The number of amides is 3. The average molecular weight is 199 g/mol. The number of nitrogens with one attached hydrogen (secondary N) is 2. The van der Waals surface area contributed by atoms with Gasteiger partial charge in [0, 0.05) is 20.3 Å². The van der Waals surface area contributed by atoms with E-state index in [9.17, 15) is 9.59 Å². The SMILES string of the molecule is COCCCNC(=O)NC(=O)CC#N. The van der Waals surface area contributed by atoms with Crippen LogP contribution in [0.2, 0.25) is 0 Å². The van der Waals surface area contributed by atoms with Crippen molar-refractivity contribution >= 4 is 11.9 Å². The molecule has 0 radical (unpaired) electrons. The van der Waals surface area contributed by atoms with Gasteiger partial charge in [-0.1, -0.05) is 0 Å². The van der Waals surface area contributed by atoms with Gasteiger partial charge in [-0.25, -0.2) is 4.79 Å². The Bertz CT molecular complexity index is 234. The van der Waals surface area contributed by atoms with Crippen molar-refractivity contribution < 1.29 is 14.3 Å². The second-order valence-electron chi connectivity index (χ2n) is 2.49. The minimum Gasteiger partial charge on any atom is -0.385 e. The molecule has 0 aromatic rings. The van der Waals surface area contributed by atoms with Crippen LogP contribution in [0.3, 0.4) is 0 Å². The summed E-state index contributed by atoms with van der Waals surface area (Å²) < 4.78 is 4.76. The third kappa shape index (κ3) is 7.06. The molecular weight excluding hydrogens is 186 g/mol. The van der Waals surface area contributed by atoms with Crippen LogP contribution in [-0.2, 0) is 9.53 Å². The summed E-state index contributed by atoms with van der Waals surface area (Å²) in [4.78, 5) is 21.6. The fourth-order valence-electron chi connectivity index (χ4n) is 0.705. The molecule has 78 valence electrons. The molecule has 0 aliphatic carbocycles. The molecule has 0 aromatic carbocycles. The van der Waals surface area contributed by atoms with Gasteiger partial charge < -0.3 is 10.1 Å². The predicted octanol–water partition coefficient (Wildman–Crippen LogP) is -0.238. The van der Waals surface area contributed by atoms with Crippen molar-refractivity contribution in [1.29, 1.82) is 5.26 Å². The first-order chi connectivity index (χ1) is 6.70. The first kappa shape index (κ1) is 12.4. The number of imide groups is 1. The summed E-state index contributed by atoms with van der Waals surface area (Å²) in [5.74, 6) is -0.600. The normalized spacial score (nSPS) is 8.86. The van der Waals surface area contributed by atoms with Crippen LogP contribution in [0.15, 0.2) is 0 Å². The number of carbonyl (C=O) groups is 2. The Morgan fingerprint density at radius 3 is 2.79 bits per heavy atom. The zero-order chi connectivity index (χ0) is 10.8. The zero-order valence-electron chi connectivity index (χ0n) is 8.00. The van der Waals surface area contributed by atoms with E-state index in [4.69, 9.17) is 10.00 Å². The second kappa shape index (κ2) is 8.01. The maximum absolute atomic E-state index is 10.9. The molecule has 0 aliphatic rings. The molecule has 6 nitrogen and oxygen atoms in total. The molecule has 0 aliphatic heterocycles. The molecule has 0 aromatic heterocycles. The molecule has 14 heavy (non-hydrogen) atoms. The lowest BCUT2D eigenvalue weighted by Crippen LogP contribution is -2.39. The maximum atomic E-state index is 10.9. The fraction of sp³-hybridized carbons (Fsp3) is 0.625. The first-order valence-electron chi connectivity index (χ1n) is 4.14. The first-order valence-corrected chi connectivity index (χ1v) is 4.14. The van der Waals surface area contributed by atoms with Crippen molar-refractivity contribution in [1.82, 2.24) is 10.6 Å². The van der Waals surface area contributed by atoms with Crippen molar-refractivity contribution in [2.75, 3.05) is 20.3 Å². The van der Waals surface area contributed by atoms with Crippen LogP contribution in [0.4, 0.5) is 4.79 Å². The van der Waals surface area contributed by atoms with Gasteiger partial charge in [-0.15, -0.1) is 0 Å². The summed E-state index contributed by atoms with van der Waals surface area (Å²) in [7, 11) is 1.57. The molecule has 0 rings (SSSR count). The van der Waals surface area contributed by atoms with Gasteiger partial charge in [0.25, 0.3) is 0 Å². The van der Waals surface area contributed by atoms with Crippen LogP contribution in [0.1, 0.15) is 12.8 Å². The molecule has 6 heteroatoms.